The summed E-state index contributed by atoms with van der Waals surface area (Å²) in [5.74, 6) is 5.74. The van der Waals surface area contributed by atoms with Crippen LogP contribution in [-0.2, 0) is 4.79 Å². The first kappa shape index (κ1) is 17.7. The molecule has 1 saturated heterocycles. The summed E-state index contributed by atoms with van der Waals surface area (Å²) in [5.41, 5.74) is 4.07. The monoisotopic (exact) mass is 313 g/mol. The van der Waals surface area contributed by atoms with E-state index in [0.717, 1.165) is 48.2 Å². The molecule has 1 aliphatic heterocycles. The van der Waals surface area contributed by atoms with Crippen LogP contribution in [0.2, 0.25) is 0 Å². The molecule has 23 heavy (non-hydrogen) atoms. The van der Waals surface area contributed by atoms with Crippen molar-refractivity contribution >= 4 is 5.78 Å². The highest BCUT2D eigenvalue weighted by Crippen LogP contribution is 2.32. The summed E-state index contributed by atoms with van der Waals surface area (Å²) in [6.45, 7) is 7.63. The molecule has 3 heteroatoms. The number of ketones is 1. The molecule has 1 aromatic rings. The van der Waals surface area contributed by atoms with E-state index < -0.39 is 12.0 Å². The highest BCUT2D eigenvalue weighted by Gasteiger charge is 2.30. The Hall–Kier alpha value is -1.63. The van der Waals surface area contributed by atoms with E-state index in [4.69, 9.17) is 0 Å². The second-order valence-electron chi connectivity index (χ2n) is 6.41. The summed E-state index contributed by atoms with van der Waals surface area (Å²) in [5, 5.41) is 14.0. The van der Waals surface area contributed by atoms with Gasteiger partial charge in [-0.25, -0.2) is 0 Å². The maximum absolute atomic E-state index is 12.7. The zero-order valence-corrected chi connectivity index (χ0v) is 14.4. The third-order valence-corrected chi connectivity index (χ3v) is 4.54. The van der Waals surface area contributed by atoms with Gasteiger partial charge in [-0.2, -0.15) is 0 Å². The molecule has 2 rings (SSSR count). The van der Waals surface area contributed by atoms with Gasteiger partial charge in [0.05, 0.1) is 12.0 Å². The second kappa shape index (κ2) is 8.29. The summed E-state index contributed by atoms with van der Waals surface area (Å²) in [4.78, 5) is 12.7. The molecule has 1 aromatic carbocycles. The van der Waals surface area contributed by atoms with Crippen molar-refractivity contribution in [3.8, 4) is 11.8 Å². The van der Waals surface area contributed by atoms with E-state index in [1.807, 2.05) is 32.9 Å². The van der Waals surface area contributed by atoms with E-state index in [1.165, 1.54) is 0 Å². The third-order valence-electron chi connectivity index (χ3n) is 4.54. The standard InChI is InChI=1S/C20H27NO2/c1-4-7-16-12-14(2)19(15(3)13-16)20-17(22)8-5-10-21-11-6-9-18(20)23/h12-13,17,20-22H,5-6,8-11H2,1-3H3. The number of benzene rings is 1. The Kier molecular flexibility index (Phi) is 6.38. The highest BCUT2D eigenvalue weighted by atomic mass is 16.3. The van der Waals surface area contributed by atoms with Gasteiger partial charge in [0.1, 0.15) is 5.78 Å². The van der Waals surface area contributed by atoms with Crippen molar-refractivity contribution in [3.05, 3.63) is 34.4 Å². The number of Topliss-reactive ketones (excluding diaryl/α,β-unsaturated/α-hetero) is 1. The van der Waals surface area contributed by atoms with Crippen molar-refractivity contribution in [2.24, 2.45) is 0 Å². The Morgan fingerprint density at radius 1 is 1.17 bits per heavy atom. The first-order valence-corrected chi connectivity index (χ1v) is 8.50. The van der Waals surface area contributed by atoms with Gasteiger partial charge in [0.15, 0.2) is 0 Å². The minimum absolute atomic E-state index is 0.154. The number of rotatable bonds is 1. The minimum Gasteiger partial charge on any atom is -0.392 e. The fourth-order valence-electron chi connectivity index (χ4n) is 3.52. The molecule has 0 aliphatic carbocycles. The van der Waals surface area contributed by atoms with Crippen LogP contribution in [0.25, 0.3) is 0 Å². The van der Waals surface area contributed by atoms with Crippen molar-refractivity contribution in [3.63, 3.8) is 0 Å². The molecule has 1 heterocycles. The number of carbonyl (C=O) groups is 1. The van der Waals surface area contributed by atoms with Gasteiger partial charge in [0.25, 0.3) is 0 Å². The molecule has 0 saturated carbocycles. The van der Waals surface area contributed by atoms with Crippen LogP contribution in [-0.4, -0.2) is 30.1 Å². The quantitative estimate of drug-likeness (QED) is 0.784. The molecule has 0 radical (unpaired) electrons. The van der Waals surface area contributed by atoms with Gasteiger partial charge in [-0.3, -0.25) is 4.79 Å². The van der Waals surface area contributed by atoms with Gasteiger partial charge in [-0.15, -0.1) is 5.92 Å². The van der Waals surface area contributed by atoms with Crippen LogP contribution < -0.4 is 5.32 Å². The molecule has 1 aliphatic rings. The van der Waals surface area contributed by atoms with Gasteiger partial charge in [0.2, 0.25) is 0 Å². The summed E-state index contributed by atoms with van der Waals surface area (Å²) in [6.07, 6.45) is 2.29. The Bertz CT molecular complexity index is 601. The van der Waals surface area contributed by atoms with Crippen molar-refractivity contribution in [1.29, 1.82) is 0 Å². The van der Waals surface area contributed by atoms with E-state index >= 15 is 0 Å². The number of hydrogen-bond donors (Lipinski definition) is 2. The van der Waals surface area contributed by atoms with E-state index in [2.05, 4.69) is 17.2 Å². The first-order chi connectivity index (χ1) is 11.0. The largest absolute Gasteiger partial charge is 0.392 e. The Morgan fingerprint density at radius 2 is 1.83 bits per heavy atom. The fraction of sp³-hybridized carbons (Fsp3) is 0.550. The average molecular weight is 313 g/mol. The van der Waals surface area contributed by atoms with Crippen molar-refractivity contribution < 1.29 is 9.90 Å². The van der Waals surface area contributed by atoms with Crippen molar-refractivity contribution in [2.75, 3.05) is 13.1 Å². The number of aryl methyl sites for hydroxylation is 2. The summed E-state index contributed by atoms with van der Waals surface area (Å²) < 4.78 is 0. The third kappa shape index (κ3) is 4.43. The first-order valence-electron chi connectivity index (χ1n) is 8.50. The van der Waals surface area contributed by atoms with Gasteiger partial charge in [0, 0.05) is 12.0 Å². The zero-order valence-electron chi connectivity index (χ0n) is 14.4. The van der Waals surface area contributed by atoms with Gasteiger partial charge in [-0.05, 0) is 81.9 Å². The fourth-order valence-corrected chi connectivity index (χ4v) is 3.52. The molecule has 2 atom stereocenters. The molecule has 0 spiro atoms. The molecule has 0 amide bonds. The van der Waals surface area contributed by atoms with Gasteiger partial charge >= 0.3 is 0 Å². The van der Waals surface area contributed by atoms with E-state index in [0.29, 0.717) is 12.8 Å². The average Bonchev–Trinajstić information content (AvgIpc) is 2.49. The summed E-state index contributed by atoms with van der Waals surface area (Å²) in [6, 6.07) is 4.05. The van der Waals surface area contributed by atoms with Crippen molar-refractivity contribution in [2.45, 2.75) is 58.5 Å². The normalized spacial score (nSPS) is 23.0. The molecule has 2 N–H and O–H groups in total. The molecule has 1 fully saturated rings. The number of carbonyl (C=O) groups excluding carboxylic acids is 1. The smallest absolute Gasteiger partial charge is 0.143 e. The Morgan fingerprint density at radius 3 is 2.48 bits per heavy atom. The SMILES string of the molecule is CC#Cc1cc(C)c(C2C(=O)CCCNCCCC2O)c(C)c1. The van der Waals surface area contributed by atoms with Crippen LogP contribution in [0.15, 0.2) is 12.1 Å². The van der Waals surface area contributed by atoms with Crippen LogP contribution in [0.1, 0.15) is 60.8 Å². The maximum atomic E-state index is 12.7. The van der Waals surface area contributed by atoms with Crippen LogP contribution in [0.3, 0.4) is 0 Å². The zero-order chi connectivity index (χ0) is 16.8. The molecule has 0 bridgehead atoms. The molecule has 2 unspecified atom stereocenters. The lowest BCUT2D eigenvalue weighted by molar-refractivity contribution is -0.123. The molecule has 0 aromatic heterocycles. The highest BCUT2D eigenvalue weighted by molar-refractivity contribution is 5.87. The number of nitrogens with one attached hydrogen (secondary N) is 1. The second-order valence-corrected chi connectivity index (χ2v) is 6.41. The van der Waals surface area contributed by atoms with Crippen LogP contribution in [0.4, 0.5) is 0 Å². The lowest BCUT2D eigenvalue weighted by Gasteiger charge is -2.27. The number of hydrogen-bond acceptors (Lipinski definition) is 3. The van der Waals surface area contributed by atoms with Crippen LogP contribution >= 0.6 is 0 Å². The lowest BCUT2D eigenvalue weighted by atomic mass is 9.80. The van der Waals surface area contributed by atoms with Gasteiger partial charge < -0.3 is 10.4 Å². The predicted molar refractivity (Wildman–Crippen MR) is 93.6 cm³/mol. The minimum atomic E-state index is -0.608. The molecule has 124 valence electrons. The Labute approximate surface area is 139 Å². The molecular weight excluding hydrogens is 286 g/mol. The van der Waals surface area contributed by atoms with E-state index in [-0.39, 0.29) is 5.78 Å². The number of aliphatic hydroxyl groups is 1. The molecular formula is C20H27NO2. The topological polar surface area (TPSA) is 49.3 Å². The molecule has 3 nitrogen and oxygen atoms in total. The summed E-state index contributed by atoms with van der Waals surface area (Å²) in [7, 11) is 0. The van der Waals surface area contributed by atoms with Gasteiger partial charge in [-0.1, -0.05) is 5.92 Å². The Balaban J connectivity index is 2.41. The van der Waals surface area contributed by atoms with E-state index in [9.17, 15) is 9.90 Å². The number of aliphatic hydroxyl groups excluding tert-OH is 1. The van der Waals surface area contributed by atoms with Crippen molar-refractivity contribution in [1.82, 2.24) is 5.32 Å². The maximum Gasteiger partial charge on any atom is 0.143 e. The van der Waals surface area contributed by atoms with E-state index in [1.54, 1.807) is 0 Å². The van der Waals surface area contributed by atoms with Crippen LogP contribution in [0.5, 0.6) is 0 Å². The predicted octanol–water partition coefficient (Wildman–Crippen LogP) is 2.85. The van der Waals surface area contributed by atoms with Crippen LogP contribution in [0, 0.1) is 25.7 Å². The summed E-state index contributed by atoms with van der Waals surface area (Å²) >= 11 is 0. The lowest BCUT2D eigenvalue weighted by Crippen LogP contribution is -2.31.